The lowest BCUT2D eigenvalue weighted by Gasteiger charge is -2.11. The van der Waals surface area contributed by atoms with Gasteiger partial charge >= 0.3 is 11.9 Å². The third-order valence-electron chi connectivity index (χ3n) is 2.06. The second-order valence-electron chi connectivity index (χ2n) is 3.13. The van der Waals surface area contributed by atoms with E-state index in [9.17, 15) is 9.59 Å². The Morgan fingerprint density at radius 3 is 2.24 bits per heavy atom. The largest absolute Gasteiger partial charge is 0.468 e. The summed E-state index contributed by atoms with van der Waals surface area (Å²) in [6.07, 6.45) is 2.78. The van der Waals surface area contributed by atoms with Crippen molar-refractivity contribution in [2.75, 3.05) is 14.2 Å². The highest BCUT2D eigenvalue weighted by molar-refractivity contribution is 6.29. The zero-order chi connectivity index (χ0) is 12.8. The zero-order valence-corrected chi connectivity index (χ0v) is 10.1. The highest BCUT2D eigenvalue weighted by Gasteiger charge is 2.29. The van der Waals surface area contributed by atoms with E-state index in [0.717, 1.165) is 0 Å². The summed E-state index contributed by atoms with van der Waals surface area (Å²) in [5.41, 5.74) is 0.454. The summed E-state index contributed by atoms with van der Waals surface area (Å²) >= 11 is 5.57. The van der Waals surface area contributed by atoms with Gasteiger partial charge in [0.1, 0.15) is 5.15 Å². The van der Waals surface area contributed by atoms with Crippen LogP contribution in [0.5, 0.6) is 0 Å². The number of carbonyl (C=O) groups is 2. The van der Waals surface area contributed by atoms with E-state index in [2.05, 4.69) is 19.4 Å². The third kappa shape index (κ3) is 3.67. The van der Waals surface area contributed by atoms with Gasteiger partial charge in [-0.25, -0.2) is 4.98 Å². The first-order valence-corrected chi connectivity index (χ1v) is 5.08. The minimum Gasteiger partial charge on any atom is -0.468 e. The Morgan fingerprint density at radius 1 is 1.24 bits per heavy atom. The topological polar surface area (TPSA) is 78.4 Å². The van der Waals surface area contributed by atoms with Crippen molar-refractivity contribution in [2.45, 2.75) is 6.42 Å². The van der Waals surface area contributed by atoms with Crippen LogP contribution in [0, 0.1) is 5.92 Å². The number of aromatic nitrogens is 2. The van der Waals surface area contributed by atoms with Gasteiger partial charge in [0.2, 0.25) is 0 Å². The average Bonchev–Trinajstić information content (AvgIpc) is 2.36. The molecule has 0 N–H and O–H groups in total. The molecule has 0 unspecified atom stereocenters. The fourth-order valence-corrected chi connectivity index (χ4v) is 1.30. The Balaban J connectivity index is 2.82. The molecule has 0 aliphatic heterocycles. The first-order chi connectivity index (χ1) is 8.08. The summed E-state index contributed by atoms with van der Waals surface area (Å²) < 4.78 is 9.03. The normalized spacial score (nSPS) is 10.1. The molecule has 17 heavy (non-hydrogen) atoms. The van der Waals surface area contributed by atoms with Crippen LogP contribution in [0.25, 0.3) is 0 Å². The Morgan fingerprint density at radius 2 is 1.82 bits per heavy atom. The van der Waals surface area contributed by atoms with Crippen LogP contribution in [-0.4, -0.2) is 36.1 Å². The Kier molecular flexibility index (Phi) is 4.84. The maximum atomic E-state index is 11.4. The second kappa shape index (κ2) is 6.15. The van der Waals surface area contributed by atoms with Crippen LogP contribution < -0.4 is 0 Å². The molecule has 1 heterocycles. The number of esters is 2. The number of ether oxygens (including phenoxy) is 2. The molecule has 0 saturated carbocycles. The van der Waals surface area contributed by atoms with Crippen molar-refractivity contribution in [3.8, 4) is 0 Å². The molecule has 0 amide bonds. The van der Waals surface area contributed by atoms with Gasteiger partial charge in [-0.1, -0.05) is 11.6 Å². The molecule has 0 radical (unpaired) electrons. The Hall–Kier alpha value is -1.69. The van der Waals surface area contributed by atoms with Crippen molar-refractivity contribution in [1.29, 1.82) is 0 Å². The van der Waals surface area contributed by atoms with E-state index < -0.39 is 17.9 Å². The highest BCUT2D eigenvalue weighted by atomic mass is 35.5. The average molecular weight is 259 g/mol. The Bertz CT molecular complexity index is 391. The lowest BCUT2D eigenvalue weighted by molar-refractivity contribution is -0.158. The number of rotatable bonds is 4. The van der Waals surface area contributed by atoms with E-state index in [1.165, 1.54) is 26.6 Å². The van der Waals surface area contributed by atoms with Gasteiger partial charge in [-0.3, -0.25) is 14.6 Å². The Labute approximate surface area is 103 Å². The van der Waals surface area contributed by atoms with Crippen LogP contribution in [0.15, 0.2) is 12.4 Å². The summed E-state index contributed by atoms with van der Waals surface area (Å²) in [5, 5.41) is 0.237. The number of hydrogen-bond donors (Lipinski definition) is 0. The van der Waals surface area contributed by atoms with Crippen molar-refractivity contribution in [3.05, 3.63) is 23.2 Å². The van der Waals surface area contributed by atoms with Crippen LogP contribution in [0.4, 0.5) is 0 Å². The van der Waals surface area contributed by atoms with Crippen molar-refractivity contribution in [3.63, 3.8) is 0 Å². The summed E-state index contributed by atoms with van der Waals surface area (Å²) in [5.74, 6) is -2.39. The molecule has 0 atom stereocenters. The molecule has 0 bridgehead atoms. The molecule has 92 valence electrons. The quantitative estimate of drug-likeness (QED) is 0.582. The lowest BCUT2D eigenvalue weighted by atomic mass is 10.0. The van der Waals surface area contributed by atoms with Crippen LogP contribution in [-0.2, 0) is 25.5 Å². The van der Waals surface area contributed by atoms with Crippen LogP contribution in [0.2, 0.25) is 5.15 Å². The van der Waals surface area contributed by atoms with Gasteiger partial charge in [-0.2, -0.15) is 0 Å². The zero-order valence-electron chi connectivity index (χ0n) is 9.34. The van der Waals surface area contributed by atoms with Crippen LogP contribution >= 0.6 is 11.6 Å². The fourth-order valence-electron chi connectivity index (χ4n) is 1.20. The summed E-state index contributed by atoms with van der Waals surface area (Å²) in [6.45, 7) is 0. The molecule has 1 aromatic rings. The van der Waals surface area contributed by atoms with Crippen molar-refractivity contribution < 1.29 is 19.1 Å². The van der Waals surface area contributed by atoms with Gasteiger partial charge in [0.05, 0.1) is 32.3 Å². The second-order valence-corrected chi connectivity index (χ2v) is 3.52. The monoisotopic (exact) mass is 258 g/mol. The molecular weight excluding hydrogens is 248 g/mol. The minimum atomic E-state index is -1.04. The molecular formula is C10H11ClN2O4. The standard InChI is InChI=1S/C10H11ClN2O4/c1-16-9(14)7(10(15)17-2)3-6-4-13-8(11)5-12-6/h4-5,7H,3H2,1-2H3. The molecule has 1 rings (SSSR count). The fraction of sp³-hybridized carbons (Fsp3) is 0.400. The summed E-state index contributed by atoms with van der Waals surface area (Å²) in [4.78, 5) is 30.5. The lowest BCUT2D eigenvalue weighted by Crippen LogP contribution is -2.28. The molecule has 0 spiro atoms. The van der Waals surface area contributed by atoms with E-state index in [4.69, 9.17) is 11.6 Å². The van der Waals surface area contributed by atoms with Crippen molar-refractivity contribution in [1.82, 2.24) is 9.97 Å². The van der Waals surface area contributed by atoms with E-state index in [-0.39, 0.29) is 11.6 Å². The molecule has 0 aromatic carbocycles. The predicted octanol–water partition coefficient (Wildman–Crippen LogP) is 0.635. The van der Waals surface area contributed by atoms with Gasteiger partial charge in [0.15, 0.2) is 5.92 Å². The third-order valence-corrected chi connectivity index (χ3v) is 2.25. The maximum Gasteiger partial charge on any atom is 0.320 e. The van der Waals surface area contributed by atoms with E-state index in [0.29, 0.717) is 5.69 Å². The maximum absolute atomic E-state index is 11.4. The SMILES string of the molecule is COC(=O)C(Cc1cnc(Cl)cn1)C(=O)OC. The van der Waals surface area contributed by atoms with Crippen LogP contribution in [0.3, 0.4) is 0 Å². The molecule has 0 aliphatic carbocycles. The van der Waals surface area contributed by atoms with Crippen molar-refractivity contribution >= 4 is 23.5 Å². The minimum absolute atomic E-state index is 0.0590. The van der Waals surface area contributed by atoms with Gasteiger partial charge in [0, 0.05) is 6.42 Å². The number of halogens is 1. The summed E-state index contributed by atoms with van der Waals surface area (Å²) in [7, 11) is 2.40. The van der Waals surface area contributed by atoms with Gasteiger partial charge < -0.3 is 9.47 Å². The smallest absolute Gasteiger partial charge is 0.320 e. The number of nitrogens with zero attached hydrogens (tertiary/aromatic N) is 2. The first-order valence-electron chi connectivity index (χ1n) is 4.70. The number of hydrogen-bond acceptors (Lipinski definition) is 6. The van der Waals surface area contributed by atoms with Crippen LogP contribution in [0.1, 0.15) is 5.69 Å². The predicted molar refractivity (Wildman–Crippen MR) is 58.3 cm³/mol. The highest BCUT2D eigenvalue weighted by Crippen LogP contribution is 2.11. The van der Waals surface area contributed by atoms with E-state index in [1.807, 2.05) is 0 Å². The molecule has 0 fully saturated rings. The molecule has 1 aromatic heterocycles. The summed E-state index contributed by atoms with van der Waals surface area (Å²) in [6, 6.07) is 0. The van der Waals surface area contributed by atoms with Crippen molar-refractivity contribution in [2.24, 2.45) is 5.92 Å². The van der Waals surface area contributed by atoms with E-state index in [1.54, 1.807) is 0 Å². The molecule has 6 nitrogen and oxygen atoms in total. The van der Waals surface area contributed by atoms with Gasteiger partial charge in [-0.05, 0) is 0 Å². The van der Waals surface area contributed by atoms with E-state index >= 15 is 0 Å². The molecule has 0 aliphatic rings. The number of methoxy groups -OCH3 is 2. The van der Waals surface area contributed by atoms with Gasteiger partial charge in [0.25, 0.3) is 0 Å². The molecule has 7 heteroatoms. The number of carbonyl (C=O) groups excluding carboxylic acids is 2. The van der Waals surface area contributed by atoms with Gasteiger partial charge in [-0.15, -0.1) is 0 Å². The first kappa shape index (κ1) is 13.4. The molecule has 0 saturated heterocycles.